The van der Waals surface area contributed by atoms with Gasteiger partial charge in [0.05, 0.1) is 22.4 Å². The van der Waals surface area contributed by atoms with E-state index in [2.05, 4.69) is 29.5 Å². The summed E-state index contributed by atoms with van der Waals surface area (Å²) in [6, 6.07) is 3.60. The maximum absolute atomic E-state index is 6.23. The second-order valence-corrected chi connectivity index (χ2v) is 4.98. The summed E-state index contributed by atoms with van der Waals surface area (Å²) in [5, 5.41) is 3.72. The zero-order valence-electron chi connectivity index (χ0n) is 10.4. The Morgan fingerprint density at radius 3 is 2.95 bits per heavy atom. The fourth-order valence-electron chi connectivity index (χ4n) is 1.70. The van der Waals surface area contributed by atoms with Crippen molar-refractivity contribution >= 4 is 51.8 Å². The first-order valence-corrected chi connectivity index (χ1v) is 6.78. The van der Waals surface area contributed by atoms with Crippen LogP contribution < -0.4 is 16.6 Å². The highest BCUT2D eigenvalue weighted by molar-refractivity contribution is 7.00. The SMILES string of the molecule is Cc1cnc(NN)nc1Nc1c(Cl)ccc2nsnc12. The Morgan fingerprint density at radius 1 is 1.30 bits per heavy atom. The van der Waals surface area contributed by atoms with Gasteiger partial charge in [-0.3, -0.25) is 5.43 Å². The zero-order valence-corrected chi connectivity index (χ0v) is 12.0. The van der Waals surface area contributed by atoms with E-state index < -0.39 is 0 Å². The average Bonchev–Trinajstić information content (AvgIpc) is 2.92. The number of rotatable bonds is 3. The van der Waals surface area contributed by atoms with Crippen molar-refractivity contribution in [1.82, 2.24) is 18.7 Å². The Labute approximate surface area is 123 Å². The molecule has 0 fully saturated rings. The third-order valence-corrected chi connectivity index (χ3v) is 3.58. The molecule has 4 N–H and O–H groups in total. The van der Waals surface area contributed by atoms with Crippen molar-refractivity contribution in [3.05, 3.63) is 28.9 Å². The third-order valence-electron chi connectivity index (χ3n) is 2.72. The number of nitrogen functional groups attached to an aromatic ring is 1. The summed E-state index contributed by atoms with van der Waals surface area (Å²) in [4.78, 5) is 8.28. The van der Waals surface area contributed by atoms with Crippen LogP contribution in [0.25, 0.3) is 11.0 Å². The Bertz CT molecular complexity index is 773. The fourth-order valence-corrected chi connectivity index (χ4v) is 2.44. The van der Waals surface area contributed by atoms with E-state index in [-0.39, 0.29) is 0 Å². The third kappa shape index (κ3) is 2.24. The molecule has 0 aliphatic heterocycles. The van der Waals surface area contributed by atoms with Crippen LogP contribution in [-0.4, -0.2) is 18.7 Å². The molecule has 102 valence electrons. The molecule has 0 spiro atoms. The Morgan fingerprint density at radius 2 is 2.15 bits per heavy atom. The number of benzene rings is 1. The van der Waals surface area contributed by atoms with Gasteiger partial charge in [0.1, 0.15) is 16.9 Å². The lowest BCUT2D eigenvalue weighted by Gasteiger charge is -2.11. The smallest absolute Gasteiger partial charge is 0.239 e. The van der Waals surface area contributed by atoms with Gasteiger partial charge < -0.3 is 5.32 Å². The minimum Gasteiger partial charge on any atom is -0.337 e. The molecule has 0 bridgehead atoms. The summed E-state index contributed by atoms with van der Waals surface area (Å²) in [6.45, 7) is 1.88. The molecule has 9 heteroatoms. The van der Waals surface area contributed by atoms with E-state index in [0.717, 1.165) is 22.8 Å². The van der Waals surface area contributed by atoms with Crippen molar-refractivity contribution in [2.75, 3.05) is 10.7 Å². The maximum Gasteiger partial charge on any atom is 0.239 e. The first-order chi connectivity index (χ1) is 9.69. The lowest BCUT2D eigenvalue weighted by atomic mass is 10.2. The molecule has 0 atom stereocenters. The zero-order chi connectivity index (χ0) is 14.1. The van der Waals surface area contributed by atoms with Gasteiger partial charge in [-0.2, -0.15) is 13.7 Å². The number of nitrogens with zero attached hydrogens (tertiary/aromatic N) is 4. The largest absolute Gasteiger partial charge is 0.337 e. The summed E-state index contributed by atoms with van der Waals surface area (Å²) < 4.78 is 8.43. The van der Waals surface area contributed by atoms with Crippen LogP contribution in [0.3, 0.4) is 0 Å². The Balaban J connectivity index is 2.09. The van der Waals surface area contributed by atoms with E-state index in [4.69, 9.17) is 17.4 Å². The maximum atomic E-state index is 6.23. The van der Waals surface area contributed by atoms with Crippen LogP contribution in [0.1, 0.15) is 5.56 Å². The number of hydrazine groups is 1. The van der Waals surface area contributed by atoms with Crippen LogP contribution in [0.15, 0.2) is 18.3 Å². The summed E-state index contributed by atoms with van der Waals surface area (Å²) >= 11 is 7.36. The van der Waals surface area contributed by atoms with Crippen LogP contribution in [-0.2, 0) is 0 Å². The van der Waals surface area contributed by atoms with Crippen LogP contribution in [0, 0.1) is 6.92 Å². The molecule has 0 aliphatic carbocycles. The average molecular weight is 308 g/mol. The molecule has 3 aromatic rings. The molecular formula is C11H10ClN7S. The summed E-state index contributed by atoms with van der Waals surface area (Å²) in [6.07, 6.45) is 1.66. The minimum atomic E-state index is 0.317. The van der Waals surface area contributed by atoms with E-state index in [0.29, 0.717) is 28.0 Å². The van der Waals surface area contributed by atoms with Crippen LogP contribution in [0.2, 0.25) is 5.02 Å². The van der Waals surface area contributed by atoms with Crippen LogP contribution >= 0.6 is 23.3 Å². The molecule has 1 aromatic carbocycles. The van der Waals surface area contributed by atoms with Gasteiger partial charge in [0, 0.05) is 11.8 Å². The van der Waals surface area contributed by atoms with E-state index in [9.17, 15) is 0 Å². The molecule has 0 saturated carbocycles. The Kier molecular flexibility index (Phi) is 3.35. The van der Waals surface area contributed by atoms with E-state index in [1.165, 1.54) is 0 Å². The lowest BCUT2D eigenvalue weighted by Crippen LogP contribution is -2.11. The van der Waals surface area contributed by atoms with E-state index >= 15 is 0 Å². The molecule has 0 radical (unpaired) electrons. The van der Waals surface area contributed by atoms with E-state index in [1.807, 2.05) is 13.0 Å². The lowest BCUT2D eigenvalue weighted by molar-refractivity contribution is 1.09. The summed E-state index contributed by atoms with van der Waals surface area (Å²) in [5.41, 5.74) is 5.43. The predicted molar refractivity (Wildman–Crippen MR) is 80.3 cm³/mol. The monoisotopic (exact) mass is 307 g/mol. The van der Waals surface area contributed by atoms with Crippen molar-refractivity contribution in [1.29, 1.82) is 0 Å². The van der Waals surface area contributed by atoms with Gasteiger partial charge in [-0.25, -0.2) is 10.8 Å². The molecule has 20 heavy (non-hydrogen) atoms. The van der Waals surface area contributed by atoms with Gasteiger partial charge in [-0.05, 0) is 19.1 Å². The topological polar surface area (TPSA) is 102 Å². The predicted octanol–water partition coefficient (Wildman–Crippen LogP) is 2.47. The van der Waals surface area contributed by atoms with Crippen molar-refractivity contribution in [3.63, 3.8) is 0 Å². The summed E-state index contributed by atoms with van der Waals surface area (Å²) in [5.74, 6) is 6.24. The number of aryl methyl sites for hydroxylation is 1. The number of hydrogen-bond donors (Lipinski definition) is 3. The number of anilines is 3. The first kappa shape index (κ1) is 13.0. The van der Waals surface area contributed by atoms with Crippen LogP contribution in [0.5, 0.6) is 0 Å². The molecule has 0 amide bonds. The quantitative estimate of drug-likeness (QED) is 0.504. The number of aromatic nitrogens is 4. The summed E-state index contributed by atoms with van der Waals surface area (Å²) in [7, 11) is 0. The minimum absolute atomic E-state index is 0.317. The van der Waals surface area contributed by atoms with Crippen molar-refractivity contribution in [2.45, 2.75) is 6.92 Å². The number of hydrogen-bond acceptors (Lipinski definition) is 8. The molecule has 2 heterocycles. The highest BCUT2D eigenvalue weighted by atomic mass is 35.5. The molecule has 7 nitrogen and oxygen atoms in total. The molecule has 0 aliphatic rings. The second kappa shape index (κ2) is 5.16. The molecule has 0 unspecified atom stereocenters. The van der Waals surface area contributed by atoms with Crippen molar-refractivity contribution in [2.24, 2.45) is 5.84 Å². The number of halogens is 1. The normalized spacial score (nSPS) is 10.8. The van der Waals surface area contributed by atoms with Crippen molar-refractivity contribution < 1.29 is 0 Å². The standard InChI is InChI=1S/C11H10ClN7S/c1-5-4-14-11(17-13)16-10(5)15-8-6(12)2-3-7-9(8)19-20-18-7/h2-4H,13H2,1H3,(H2,14,15,16,17). The Hall–Kier alpha value is -2.03. The number of fused-ring (bicyclic) bond motifs is 1. The van der Waals surface area contributed by atoms with Gasteiger partial charge in [0.2, 0.25) is 5.95 Å². The molecule has 2 aromatic heterocycles. The van der Waals surface area contributed by atoms with Crippen LogP contribution in [0.4, 0.5) is 17.5 Å². The van der Waals surface area contributed by atoms with Gasteiger partial charge in [-0.1, -0.05) is 11.6 Å². The van der Waals surface area contributed by atoms with Gasteiger partial charge >= 0.3 is 0 Å². The molecular weight excluding hydrogens is 298 g/mol. The van der Waals surface area contributed by atoms with E-state index in [1.54, 1.807) is 12.3 Å². The van der Waals surface area contributed by atoms with Gasteiger partial charge in [-0.15, -0.1) is 0 Å². The fraction of sp³-hybridized carbons (Fsp3) is 0.0909. The first-order valence-electron chi connectivity index (χ1n) is 5.67. The second-order valence-electron chi connectivity index (χ2n) is 4.05. The molecule has 3 rings (SSSR count). The van der Waals surface area contributed by atoms with Gasteiger partial charge in [0.25, 0.3) is 0 Å². The van der Waals surface area contributed by atoms with Gasteiger partial charge in [0.15, 0.2) is 0 Å². The number of nitrogens with two attached hydrogens (primary N) is 1. The molecule has 0 saturated heterocycles. The highest BCUT2D eigenvalue weighted by Gasteiger charge is 2.12. The highest BCUT2D eigenvalue weighted by Crippen LogP contribution is 2.32. The van der Waals surface area contributed by atoms with Crippen molar-refractivity contribution in [3.8, 4) is 0 Å². The number of nitrogens with one attached hydrogen (secondary N) is 2.